The summed E-state index contributed by atoms with van der Waals surface area (Å²) in [4.78, 5) is 31.0. The fourth-order valence-electron chi connectivity index (χ4n) is 3.90. The summed E-state index contributed by atoms with van der Waals surface area (Å²) in [6, 6.07) is 12.8. The summed E-state index contributed by atoms with van der Waals surface area (Å²) in [5.41, 5.74) is 1.46. The number of benzene rings is 2. The maximum Gasteiger partial charge on any atom is 0.325 e. The number of aromatic nitrogens is 2. The van der Waals surface area contributed by atoms with Crippen molar-refractivity contribution in [3.63, 3.8) is 0 Å². The molecule has 0 saturated carbocycles. The highest BCUT2D eigenvalue weighted by Crippen LogP contribution is 2.41. The van der Waals surface area contributed by atoms with Crippen molar-refractivity contribution in [2.75, 3.05) is 0 Å². The summed E-state index contributed by atoms with van der Waals surface area (Å²) in [5.74, 6) is -0.285. The second-order valence-electron chi connectivity index (χ2n) is 6.90. The van der Waals surface area contributed by atoms with E-state index in [1.165, 1.54) is 24.3 Å². The lowest BCUT2D eigenvalue weighted by molar-refractivity contribution is -0.132. The third-order valence-electron chi connectivity index (χ3n) is 5.29. The Morgan fingerprint density at radius 2 is 1.93 bits per heavy atom. The van der Waals surface area contributed by atoms with Crippen LogP contribution in [0.25, 0.3) is 11.4 Å². The third kappa shape index (κ3) is 2.41. The number of rotatable bonds is 3. The Morgan fingerprint density at radius 1 is 1.14 bits per heavy atom. The molecule has 1 fully saturated rings. The predicted molar refractivity (Wildman–Crippen MR) is 95.2 cm³/mol. The van der Waals surface area contributed by atoms with E-state index in [1.54, 1.807) is 0 Å². The highest BCUT2D eigenvalue weighted by Gasteiger charge is 2.55. The summed E-state index contributed by atoms with van der Waals surface area (Å²) in [6.07, 6.45) is 1.25. The van der Waals surface area contributed by atoms with Gasteiger partial charge in [0.25, 0.3) is 5.91 Å². The van der Waals surface area contributed by atoms with Crippen molar-refractivity contribution in [2.45, 2.75) is 24.9 Å². The van der Waals surface area contributed by atoms with Gasteiger partial charge in [0.05, 0.1) is 0 Å². The van der Waals surface area contributed by atoms with E-state index in [0.717, 1.165) is 22.4 Å². The first kappa shape index (κ1) is 16.6. The number of aryl methyl sites for hydroxylation is 1. The predicted octanol–water partition coefficient (Wildman–Crippen LogP) is 2.77. The molecule has 3 aromatic rings. The first-order chi connectivity index (χ1) is 13.6. The molecule has 2 aromatic carbocycles. The molecule has 7 nitrogen and oxygen atoms in total. The van der Waals surface area contributed by atoms with Gasteiger partial charge in [0.1, 0.15) is 17.9 Å². The summed E-state index contributed by atoms with van der Waals surface area (Å²) < 4.78 is 18.3. The van der Waals surface area contributed by atoms with Gasteiger partial charge in [0, 0.05) is 5.56 Å². The average Bonchev–Trinajstić information content (AvgIpc) is 3.37. The van der Waals surface area contributed by atoms with Gasteiger partial charge in [-0.25, -0.2) is 9.18 Å². The molecule has 140 valence electrons. The molecule has 1 N–H and O–H groups in total. The zero-order valence-corrected chi connectivity index (χ0v) is 14.7. The number of urea groups is 1. The number of halogens is 1. The van der Waals surface area contributed by atoms with Crippen LogP contribution in [0.3, 0.4) is 0 Å². The summed E-state index contributed by atoms with van der Waals surface area (Å²) in [7, 11) is 0. The number of carbonyl (C=O) groups excluding carboxylic acids is 2. The summed E-state index contributed by atoms with van der Waals surface area (Å²) in [6.45, 7) is -0.122. The minimum atomic E-state index is -1.02. The monoisotopic (exact) mass is 378 g/mol. The lowest BCUT2D eigenvalue weighted by atomic mass is 9.92. The standard InChI is InChI=1S/C20H15FN4O3/c21-14-7-5-13(6-8-14)17-22-16(28-24-17)11-25-18(26)20(23-19(25)27)10-9-12-3-1-2-4-15(12)20/h1-8H,9-11H2,(H,23,27)/t20-/m0/s1. The fraction of sp³-hybridized carbons (Fsp3) is 0.200. The minimum absolute atomic E-state index is 0.122. The van der Waals surface area contributed by atoms with Crippen LogP contribution in [0.4, 0.5) is 9.18 Å². The van der Waals surface area contributed by atoms with E-state index >= 15 is 0 Å². The van der Waals surface area contributed by atoms with Crippen LogP contribution in [0.2, 0.25) is 0 Å². The molecule has 1 saturated heterocycles. The number of imide groups is 1. The van der Waals surface area contributed by atoms with Crippen LogP contribution in [0.5, 0.6) is 0 Å². The van der Waals surface area contributed by atoms with Gasteiger partial charge >= 0.3 is 6.03 Å². The lowest BCUT2D eigenvalue weighted by Crippen LogP contribution is -2.41. The second-order valence-corrected chi connectivity index (χ2v) is 6.90. The van der Waals surface area contributed by atoms with Crippen LogP contribution >= 0.6 is 0 Å². The van der Waals surface area contributed by atoms with Crippen LogP contribution in [0.1, 0.15) is 23.4 Å². The van der Waals surface area contributed by atoms with Gasteiger partial charge in [0.2, 0.25) is 11.7 Å². The topological polar surface area (TPSA) is 88.3 Å². The van der Waals surface area contributed by atoms with Crippen molar-refractivity contribution in [2.24, 2.45) is 0 Å². The highest BCUT2D eigenvalue weighted by atomic mass is 19.1. The number of hydrogen-bond acceptors (Lipinski definition) is 5. The molecule has 5 rings (SSSR count). The quantitative estimate of drug-likeness (QED) is 0.708. The van der Waals surface area contributed by atoms with Gasteiger partial charge in [0.15, 0.2) is 0 Å². The molecular weight excluding hydrogens is 363 g/mol. The van der Waals surface area contributed by atoms with Gasteiger partial charge in [-0.05, 0) is 48.2 Å². The molecule has 8 heteroatoms. The Bertz CT molecular complexity index is 1090. The zero-order chi connectivity index (χ0) is 19.3. The van der Waals surface area contributed by atoms with Crippen molar-refractivity contribution in [3.8, 4) is 11.4 Å². The van der Waals surface area contributed by atoms with E-state index in [-0.39, 0.29) is 30.0 Å². The van der Waals surface area contributed by atoms with Crippen molar-refractivity contribution < 1.29 is 18.5 Å². The van der Waals surface area contributed by atoms with Crippen molar-refractivity contribution in [3.05, 3.63) is 71.4 Å². The first-order valence-electron chi connectivity index (χ1n) is 8.88. The van der Waals surface area contributed by atoms with Gasteiger partial charge in [-0.2, -0.15) is 4.98 Å². The number of nitrogens with zero attached hydrogens (tertiary/aromatic N) is 3. The van der Waals surface area contributed by atoms with Crippen LogP contribution in [0.15, 0.2) is 53.1 Å². The van der Waals surface area contributed by atoms with Crippen molar-refractivity contribution in [1.29, 1.82) is 0 Å². The highest BCUT2D eigenvalue weighted by molar-refractivity contribution is 6.08. The second kappa shape index (κ2) is 5.98. The molecule has 3 amide bonds. The Kier molecular flexibility index (Phi) is 3.55. The average molecular weight is 378 g/mol. The molecule has 2 aliphatic rings. The Hall–Kier alpha value is -3.55. The minimum Gasteiger partial charge on any atom is -0.337 e. The van der Waals surface area contributed by atoms with Gasteiger partial charge in [-0.15, -0.1) is 0 Å². The molecule has 1 spiro atoms. The summed E-state index contributed by atoms with van der Waals surface area (Å²) >= 11 is 0. The van der Waals surface area contributed by atoms with E-state index < -0.39 is 11.6 Å². The number of amides is 3. The number of nitrogens with one attached hydrogen (secondary N) is 1. The first-order valence-corrected chi connectivity index (χ1v) is 8.88. The van der Waals surface area contributed by atoms with E-state index in [0.29, 0.717) is 12.0 Å². The van der Waals surface area contributed by atoms with Crippen LogP contribution < -0.4 is 5.32 Å². The maximum absolute atomic E-state index is 13.1. The largest absolute Gasteiger partial charge is 0.337 e. The third-order valence-corrected chi connectivity index (χ3v) is 5.29. The molecule has 0 unspecified atom stereocenters. The molecule has 0 radical (unpaired) electrons. The molecule has 1 aliphatic carbocycles. The zero-order valence-electron chi connectivity index (χ0n) is 14.7. The Balaban J connectivity index is 1.40. The van der Waals surface area contributed by atoms with E-state index in [1.807, 2.05) is 24.3 Å². The maximum atomic E-state index is 13.1. The number of hydrogen-bond donors (Lipinski definition) is 1. The number of carbonyl (C=O) groups is 2. The molecule has 1 atom stereocenters. The van der Waals surface area contributed by atoms with Gasteiger partial charge in [-0.1, -0.05) is 29.4 Å². The summed E-state index contributed by atoms with van der Waals surface area (Å²) in [5, 5.41) is 6.71. The van der Waals surface area contributed by atoms with E-state index in [4.69, 9.17) is 4.52 Å². The van der Waals surface area contributed by atoms with Crippen molar-refractivity contribution >= 4 is 11.9 Å². The molecule has 28 heavy (non-hydrogen) atoms. The smallest absolute Gasteiger partial charge is 0.325 e. The van der Waals surface area contributed by atoms with E-state index in [9.17, 15) is 14.0 Å². The normalized spacial score (nSPS) is 20.7. The Morgan fingerprint density at radius 3 is 2.75 bits per heavy atom. The Labute approximate surface area is 159 Å². The molecule has 0 bridgehead atoms. The van der Waals surface area contributed by atoms with Gasteiger partial charge in [-0.3, -0.25) is 9.69 Å². The van der Waals surface area contributed by atoms with E-state index in [2.05, 4.69) is 15.5 Å². The van der Waals surface area contributed by atoms with Crippen LogP contribution in [0, 0.1) is 5.82 Å². The fourth-order valence-corrected chi connectivity index (χ4v) is 3.90. The lowest BCUT2D eigenvalue weighted by Gasteiger charge is -2.21. The van der Waals surface area contributed by atoms with Crippen LogP contribution in [-0.4, -0.2) is 27.0 Å². The molecule has 1 aliphatic heterocycles. The van der Waals surface area contributed by atoms with Crippen LogP contribution in [-0.2, 0) is 23.3 Å². The molecular formula is C20H15FN4O3. The molecule has 1 aromatic heterocycles. The number of fused-ring (bicyclic) bond motifs is 2. The SMILES string of the molecule is O=C1N[C@]2(CCc3ccccc32)C(=O)N1Cc1nc(-c2ccc(F)cc2)no1. The van der Waals surface area contributed by atoms with Crippen molar-refractivity contribution in [1.82, 2.24) is 20.4 Å². The van der Waals surface area contributed by atoms with Gasteiger partial charge < -0.3 is 9.84 Å². The molecule has 2 heterocycles.